The Bertz CT molecular complexity index is 406. The normalized spacial score (nSPS) is 27.4. The Morgan fingerprint density at radius 1 is 1.20 bits per heavy atom. The number of ether oxygens (including phenoxy) is 1. The number of rotatable bonds is 4. The van der Waals surface area contributed by atoms with Gasteiger partial charge in [0.25, 0.3) is 0 Å². The predicted octanol–water partition coefficient (Wildman–Crippen LogP) is -0.254. The Morgan fingerprint density at radius 2 is 1.80 bits per heavy atom. The number of aliphatic carboxylic acids is 1. The maximum atomic E-state index is 12.0. The van der Waals surface area contributed by atoms with Crippen molar-refractivity contribution in [3.05, 3.63) is 0 Å². The van der Waals surface area contributed by atoms with Gasteiger partial charge in [0, 0.05) is 13.1 Å². The van der Waals surface area contributed by atoms with Crippen molar-refractivity contribution in [2.45, 2.75) is 50.9 Å². The van der Waals surface area contributed by atoms with Crippen molar-refractivity contribution in [1.29, 1.82) is 0 Å². The molecule has 2 N–H and O–H groups in total. The van der Waals surface area contributed by atoms with Gasteiger partial charge >= 0.3 is 5.97 Å². The summed E-state index contributed by atoms with van der Waals surface area (Å²) in [5.41, 5.74) is 0. The Hall–Kier alpha value is -1.63. The van der Waals surface area contributed by atoms with Crippen LogP contribution in [0, 0.1) is 0 Å². The van der Waals surface area contributed by atoms with Crippen molar-refractivity contribution in [2.75, 3.05) is 13.1 Å². The molecule has 2 aliphatic heterocycles. The van der Waals surface area contributed by atoms with Gasteiger partial charge in [0.2, 0.25) is 11.8 Å². The number of likely N-dealkylation sites (tertiary alicyclic amines) is 1. The van der Waals surface area contributed by atoms with Gasteiger partial charge in [0.1, 0.15) is 12.1 Å². The van der Waals surface area contributed by atoms with E-state index in [1.54, 1.807) is 11.8 Å². The number of carbonyl (C=O) groups excluding carboxylic acids is 2. The average molecular weight is 284 g/mol. The third-order valence-electron chi connectivity index (χ3n) is 3.73. The molecule has 2 heterocycles. The molecule has 0 saturated carbocycles. The number of hydrogen-bond donors (Lipinski definition) is 2. The third-order valence-corrected chi connectivity index (χ3v) is 3.73. The first-order chi connectivity index (χ1) is 9.49. The highest BCUT2D eigenvalue weighted by Crippen LogP contribution is 2.20. The lowest BCUT2D eigenvalue weighted by Gasteiger charge is -2.22. The lowest BCUT2D eigenvalue weighted by atomic mass is 10.2. The Morgan fingerprint density at radius 3 is 2.35 bits per heavy atom. The summed E-state index contributed by atoms with van der Waals surface area (Å²) in [6.07, 6.45) is 0.992. The smallest absolute Gasteiger partial charge is 0.332 e. The zero-order valence-corrected chi connectivity index (χ0v) is 11.5. The number of carboxylic acid groups (broad SMARTS) is 1. The highest BCUT2D eigenvalue weighted by atomic mass is 16.5. The fourth-order valence-corrected chi connectivity index (χ4v) is 2.59. The van der Waals surface area contributed by atoms with Gasteiger partial charge in [0.15, 0.2) is 6.10 Å². The molecule has 112 valence electrons. The molecule has 0 aromatic carbocycles. The molecular formula is C13H20N2O5. The van der Waals surface area contributed by atoms with Crippen LogP contribution in [-0.4, -0.2) is 59.1 Å². The molecule has 0 spiro atoms. The fraction of sp³-hybridized carbons (Fsp3) is 0.769. The first-order valence-electron chi connectivity index (χ1n) is 6.96. The lowest BCUT2D eigenvalue weighted by Crippen LogP contribution is -2.48. The SMILES string of the molecule is CC(NC(=O)C1CCC(C(=O)O)O1)C(=O)N1CCCC1. The minimum Gasteiger partial charge on any atom is -0.479 e. The van der Waals surface area contributed by atoms with E-state index in [1.807, 2.05) is 0 Å². The molecule has 0 bridgehead atoms. The summed E-state index contributed by atoms with van der Waals surface area (Å²) in [6, 6.07) is -0.604. The van der Waals surface area contributed by atoms with Gasteiger partial charge in [0.05, 0.1) is 0 Å². The molecule has 20 heavy (non-hydrogen) atoms. The van der Waals surface area contributed by atoms with E-state index in [0.29, 0.717) is 12.8 Å². The van der Waals surface area contributed by atoms with Crippen LogP contribution in [0.4, 0.5) is 0 Å². The first kappa shape index (κ1) is 14.8. The number of hydrogen-bond acceptors (Lipinski definition) is 4. The van der Waals surface area contributed by atoms with Crippen molar-refractivity contribution in [3.8, 4) is 0 Å². The monoisotopic (exact) mass is 284 g/mol. The second kappa shape index (κ2) is 6.21. The summed E-state index contributed by atoms with van der Waals surface area (Å²) in [5, 5.41) is 11.4. The molecule has 3 atom stereocenters. The molecule has 0 aromatic rings. The summed E-state index contributed by atoms with van der Waals surface area (Å²) in [5.74, 6) is -1.56. The predicted molar refractivity (Wildman–Crippen MR) is 68.9 cm³/mol. The van der Waals surface area contributed by atoms with Crippen LogP contribution in [-0.2, 0) is 19.1 Å². The molecule has 7 heteroatoms. The summed E-state index contributed by atoms with van der Waals surface area (Å²) >= 11 is 0. The minimum atomic E-state index is -1.05. The molecule has 2 fully saturated rings. The molecule has 0 radical (unpaired) electrons. The van der Waals surface area contributed by atoms with Gasteiger partial charge in [-0.3, -0.25) is 9.59 Å². The quantitative estimate of drug-likeness (QED) is 0.742. The fourth-order valence-electron chi connectivity index (χ4n) is 2.59. The second-order valence-corrected chi connectivity index (χ2v) is 5.29. The van der Waals surface area contributed by atoms with Crippen molar-refractivity contribution < 1.29 is 24.2 Å². The van der Waals surface area contributed by atoms with Crippen LogP contribution in [0.2, 0.25) is 0 Å². The van der Waals surface area contributed by atoms with Crippen LogP contribution in [0.3, 0.4) is 0 Å². The molecule has 7 nitrogen and oxygen atoms in total. The average Bonchev–Trinajstić information content (AvgIpc) is 3.08. The van der Waals surface area contributed by atoms with E-state index in [-0.39, 0.29) is 5.91 Å². The zero-order chi connectivity index (χ0) is 14.7. The zero-order valence-electron chi connectivity index (χ0n) is 11.5. The largest absolute Gasteiger partial charge is 0.479 e. The van der Waals surface area contributed by atoms with Gasteiger partial charge in [-0.2, -0.15) is 0 Å². The summed E-state index contributed by atoms with van der Waals surface area (Å²) < 4.78 is 5.15. The molecule has 2 amide bonds. The summed E-state index contributed by atoms with van der Waals surface area (Å²) in [6.45, 7) is 3.11. The van der Waals surface area contributed by atoms with E-state index in [4.69, 9.17) is 9.84 Å². The topological polar surface area (TPSA) is 95.9 Å². The summed E-state index contributed by atoms with van der Waals surface area (Å²) in [4.78, 5) is 36.5. The molecule has 2 rings (SSSR count). The molecule has 0 aliphatic carbocycles. The molecule has 3 unspecified atom stereocenters. The van der Waals surface area contributed by atoms with E-state index >= 15 is 0 Å². The van der Waals surface area contributed by atoms with E-state index < -0.39 is 30.1 Å². The van der Waals surface area contributed by atoms with E-state index in [1.165, 1.54) is 0 Å². The standard InChI is InChI=1S/C13H20N2O5/c1-8(12(17)15-6-2-3-7-15)14-11(16)9-4-5-10(20-9)13(18)19/h8-10H,2-7H2,1H3,(H,14,16)(H,18,19). The number of nitrogens with zero attached hydrogens (tertiary/aromatic N) is 1. The Balaban J connectivity index is 1.82. The number of amides is 2. The van der Waals surface area contributed by atoms with E-state index in [9.17, 15) is 14.4 Å². The highest BCUT2D eigenvalue weighted by molar-refractivity contribution is 5.89. The van der Waals surface area contributed by atoms with Crippen LogP contribution in [0.25, 0.3) is 0 Å². The van der Waals surface area contributed by atoms with Crippen LogP contribution >= 0.6 is 0 Å². The van der Waals surface area contributed by atoms with Gasteiger partial charge in [-0.15, -0.1) is 0 Å². The van der Waals surface area contributed by atoms with E-state index in [0.717, 1.165) is 25.9 Å². The highest BCUT2D eigenvalue weighted by Gasteiger charge is 2.36. The van der Waals surface area contributed by atoms with Crippen molar-refractivity contribution in [3.63, 3.8) is 0 Å². The van der Waals surface area contributed by atoms with Crippen molar-refractivity contribution in [2.24, 2.45) is 0 Å². The third kappa shape index (κ3) is 3.27. The maximum Gasteiger partial charge on any atom is 0.332 e. The van der Waals surface area contributed by atoms with E-state index in [2.05, 4.69) is 5.32 Å². The lowest BCUT2D eigenvalue weighted by molar-refractivity contribution is -0.152. The van der Waals surface area contributed by atoms with Crippen LogP contribution < -0.4 is 5.32 Å². The van der Waals surface area contributed by atoms with Crippen molar-refractivity contribution in [1.82, 2.24) is 10.2 Å². The Kier molecular flexibility index (Phi) is 4.59. The number of nitrogens with one attached hydrogen (secondary N) is 1. The summed E-state index contributed by atoms with van der Waals surface area (Å²) in [7, 11) is 0. The number of carboxylic acids is 1. The molecule has 2 saturated heterocycles. The van der Waals surface area contributed by atoms with Gasteiger partial charge in [-0.25, -0.2) is 4.79 Å². The van der Waals surface area contributed by atoms with Crippen LogP contribution in [0.5, 0.6) is 0 Å². The van der Waals surface area contributed by atoms with Gasteiger partial charge < -0.3 is 20.1 Å². The molecule has 2 aliphatic rings. The minimum absolute atomic E-state index is 0.0939. The number of carbonyl (C=O) groups is 3. The second-order valence-electron chi connectivity index (χ2n) is 5.29. The molecular weight excluding hydrogens is 264 g/mol. The first-order valence-corrected chi connectivity index (χ1v) is 6.96. The van der Waals surface area contributed by atoms with Crippen LogP contribution in [0.15, 0.2) is 0 Å². The Labute approximate surface area is 117 Å². The van der Waals surface area contributed by atoms with Gasteiger partial charge in [-0.1, -0.05) is 0 Å². The van der Waals surface area contributed by atoms with Gasteiger partial charge in [-0.05, 0) is 32.6 Å². The van der Waals surface area contributed by atoms with Crippen LogP contribution in [0.1, 0.15) is 32.6 Å². The molecule has 0 aromatic heterocycles. The van der Waals surface area contributed by atoms with Crippen molar-refractivity contribution >= 4 is 17.8 Å². The maximum absolute atomic E-state index is 12.0.